The van der Waals surface area contributed by atoms with E-state index in [1.807, 2.05) is 5.32 Å². The lowest BCUT2D eigenvalue weighted by Gasteiger charge is -2.17. The van der Waals surface area contributed by atoms with Crippen LogP contribution in [0.15, 0.2) is 18.2 Å². The molecule has 0 saturated heterocycles. The van der Waals surface area contributed by atoms with Crippen LogP contribution < -0.4 is 5.32 Å². The zero-order valence-corrected chi connectivity index (χ0v) is 9.38. The van der Waals surface area contributed by atoms with E-state index in [9.17, 15) is 22.4 Å². The highest BCUT2D eigenvalue weighted by molar-refractivity contribution is 5.94. The van der Waals surface area contributed by atoms with Crippen LogP contribution in [0.5, 0.6) is 0 Å². The number of benzene rings is 1. The molecule has 0 aliphatic rings. The van der Waals surface area contributed by atoms with Gasteiger partial charge in [-0.1, -0.05) is 6.07 Å². The lowest BCUT2D eigenvalue weighted by molar-refractivity contribution is -0.117. The third-order valence-corrected chi connectivity index (χ3v) is 2.24. The van der Waals surface area contributed by atoms with Crippen LogP contribution in [0.2, 0.25) is 0 Å². The van der Waals surface area contributed by atoms with Crippen LogP contribution >= 0.6 is 0 Å². The highest BCUT2D eigenvalue weighted by Gasteiger charge is 2.40. The molecule has 0 bridgehead atoms. The minimum atomic E-state index is -4.21. The molecule has 0 saturated carbocycles. The van der Waals surface area contributed by atoms with Gasteiger partial charge in [0, 0.05) is 5.69 Å². The summed E-state index contributed by atoms with van der Waals surface area (Å²) in [7, 11) is 0. The Bertz CT molecular complexity index is 449. The Hall–Kier alpha value is -1.79. The first kappa shape index (κ1) is 14.3. The van der Waals surface area contributed by atoms with Gasteiger partial charge in [0.1, 0.15) is 0 Å². The van der Waals surface area contributed by atoms with Crippen molar-refractivity contribution in [2.75, 3.05) is 11.9 Å². The second-order valence-corrected chi connectivity index (χ2v) is 3.77. The fourth-order valence-corrected chi connectivity index (χ4v) is 1.28. The van der Waals surface area contributed by atoms with Gasteiger partial charge in [-0.25, -0.2) is 13.6 Å². The average molecular weight is 265 g/mol. The maximum absolute atomic E-state index is 12.7. The second kappa shape index (κ2) is 5.24. The maximum atomic E-state index is 12.7. The number of aryl methyl sites for hydroxylation is 1. The number of hydrogen-bond acceptors (Lipinski definition) is 2. The van der Waals surface area contributed by atoms with Crippen molar-refractivity contribution in [3.8, 4) is 0 Å². The molecule has 0 atom stereocenters. The molecule has 0 spiro atoms. The molecule has 0 unspecified atom stereocenters. The largest absolute Gasteiger partial charge is 0.478 e. The lowest BCUT2D eigenvalue weighted by atomic mass is 10.1. The van der Waals surface area contributed by atoms with Crippen LogP contribution in [0, 0.1) is 6.92 Å². The van der Waals surface area contributed by atoms with Gasteiger partial charge in [-0.3, -0.25) is 0 Å². The van der Waals surface area contributed by atoms with E-state index < -0.39 is 24.9 Å². The summed E-state index contributed by atoms with van der Waals surface area (Å²) in [4.78, 5) is 10.8. The molecule has 0 radical (unpaired) electrons. The SMILES string of the molecule is Cc1ccc(C(=O)O)c(NCC(F)(F)C(F)F)c1. The van der Waals surface area contributed by atoms with Crippen LogP contribution in [0.25, 0.3) is 0 Å². The van der Waals surface area contributed by atoms with Gasteiger partial charge in [0.15, 0.2) is 0 Å². The number of nitrogens with one attached hydrogen (secondary N) is 1. The number of rotatable bonds is 5. The zero-order valence-electron chi connectivity index (χ0n) is 9.38. The molecule has 2 N–H and O–H groups in total. The molecule has 18 heavy (non-hydrogen) atoms. The maximum Gasteiger partial charge on any atom is 0.337 e. The first-order valence-corrected chi connectivity index (χ1v) is 4.98. The number of hydrogen-bond donors (Lipinski definition) is 2. The van der Waals surface area contributed by atoms with Crippen molar-refractivity contribution in [1.82, 2.24) is 0 Å². The third-order valence-electron chi connectivity index (χ3n) is 2.24. The van der Waals surface area contributed by atoms with Crippen LogP contribution in [-0.4, -0.2) is 30.0 Å². The van der Waals surface area contributed by atoms with Crippen molar-refractivity contribution >= 4 is 11.7 Å². The van der Waals surface area contributed by atoms with Crippen LogP contribution in [0.4, 0.5) is 23.2 Å². The van der Waals surface area contributed by atoms with E-state index in [1.165, 1.54) is 18.2 Å². The summed E-state index contributed by atoms with van der Waals surface area (Å²) >= 11 is 0. The molecular formula is C11H11F4NO2. The summed E-state index contributed by atoms with van der Waals surface area (Å²) < 4.78 is 49.3. The van der Waals surface area contributed by atoms with Gasteiger partial charge < -0.3 is 10.4 Å². The molecule has 1 aromatic carbocycles. The molecule has 0 aromatic heterocycles. The number of carbonyl (C=O) groups is 1. The Morgan fingerprint density at radius 1 is 1.44 bits per heavy atom. The van der Waals surface area contributed by atoms with Crippen molar-refractivity contribution < 1.29 is 27.5 Å². The Morgan fingerprint density at radius 2 is 2.06 bits per heavy atom. The van der Waals surface area contributed by atoms with Crippen molar-refractivity contribution in [1.29, 1.82) is 0 Å². The number of carboxylic acids is 1. The fourth-order valence-electron chi connectivity index (χ4n) is 1.28. The molecule has 3 nitrogen and oxygen atoms in total. The Balaban J connectivity index is 2.90. The van der Waals surface area contributed by atoms with E-state index in [1.54, 1.807) is 6.92 Å². The first-order valence-electron chi connectivity index (χ1n) is 4.98. The Labute approximate surface area is 100 Å². The summed E-state index contributed by atoms with van der Waals surface area (Å²) in [5.41, 5.74) is 0.274. The minimum Gasteiger partial charge on any atom is -0.478 e. The number of anilines is 1. The normalized spacial score (nSPS) is 11.7. The molecule has 0 aliphatic heterocycles. The first-order chi connectivity index (χ1) is 8.24. The fraction of sp³-hybridized carbons (Fsp3) is 0.364. The summed E-state index contributed by atoms with van der Waals surface area (Å²) in [5, 5.41) is 10.9. The lowest BCUT2D eigenvalue weighted by Crippen LogP contribution is -2.35. The van der Waals surface area contributed by atoms with E-state index in [-0.39, 0.29) is 11.3 Å². The molecule has 1 rings (SSSR count). The Morgan fingerprint density at radius 3 is 2.56 bits per heavy atom. The van der Waals surface area contributed by atoms with Gasteiger partial charge in [-0.05, 0) is 24.6 Å². The van der Waals surface area contributed by atoms with Crippen molar-refractivity contribution in [3.05, 3.63) is 29.3 Å². The third kappa shape index (κ3) is 3.35. The predicted octanol–water partition coefficient (Wildman–Crippen LogP) is 3.01. The summed E-state index contributed by atoms with van der Waals surface area (Å²) in [6.45, 7) is 0.302. The van der Waals surface area contributed by atoms with E-state index in [0.29, 0.717) is 5.56 Å². The monoisotopic (exact) mass is 265 g/mol. The number of alkyl halides is 4. The van der Waals surface area contributed by atoms with E-state index in [0.717, 1.165) is 0 Å². The predicted molar refractivity (Wildman–Crippen MR) is 57.6 cm³/mol. The van der Waals surface area contributed by atoms with Crippen LogP contribution in [-0.2, 0) is 0 Å². The Kier molecular flexibility index (Phi) is 4.15. The van der Waals surface area contributed by atoms with E-state index in [4.69, 9.17) is 5.11 Å². The van der Waals surface area contributed by atoms with Gasteiger partial charge in [0.25, 0.3) is 0 Å². The van der Waals surface area contributed by atoms with E-state index >= 15 is 0 Å². The van der Waals surface area contributed by atoms with Crippen LogP contribution in [0.3, 0.4) is 0 Å². The van der Waals surface area contributed by atoms with Gasteiger partial charge >= 0.3 is 18.3 Å². The number of aromatic carboxylic acids is 1. The van der Waals surface area contributed by atoms with Gasteiger partial charge in [0.05, 0.1) is 12.1 Å². The molecule has 0 heterocycles. The highest BCUT2D eigenvalue weighted by Crippen LogP contribution is 2.25. The number of halogens is 4. The second-order valence-electron chi connectivity index (χ2n) is 3.77. The molecular weight excluding hydrogens is 254 g/mol. The highest BCUT2D eigenvalue weighted by atomic mass is 19.3. The standard InChI is InChI=1S/C11H11F4NO2/c1-6-2-3-7(9(17)18)8(4-6)16-5-11(14,15)10(12)13/h2-4,10,16H,5H2,1H3,(H,17,18). The molecule has 100 valence electrons. The van der Waals surface area contributed by atoms with Crippen molar-refractivity contribution in [2.24, 2.45) is 0 Å². The summed E-state index contributed by atoms with van der Waals surface area (Å²) in [6, 6.07) is 4.02. The molecule has 0 amide bonds. The van der Waals surface area contributed by atoms with E-state index in [2.05, 4.69) is 0 Å². The van der Waals surface area contributed by atoms with Gasteiger partial charge in [0.2, 0.25) is 0 Å². The minimum absolute atomic E-state index is 0.108. The molecule has 0 aliphatic carbocycles. The zero-order chi connectivity index (χ0) is 13.9. The summed E-state index contributed by atoms with van der Waals surface area (Å²) in [5.74, 6) is -5.53. The van der Waals surface area contributed by atoms with Crippen molar-refractivity contribution in [2.45, 2.75) is 19.3 Å². The quantitative estimate of drug-likeness (QED) is 0.804. The molecule has 1 aromatic rings. The van der Waals surface area contributed by atoms with Crippen LogP contribution in [0.1, 0.15) is 15.9 Å². The smallest absolute Gasteiger partial charge is 0.337 e. The topological polar surface area (TPSA) is 49.3 Å². The summed E-state index contributed by atoms with van der Waals surface area (Å²) in [6.07, 6.45) is -3.80. The average Bonchev–Trinajstić information content (AvgIpc) is 2.26. The van der Waals surface area contributed by atoms with Crippen molar-refractivity contribution in [3.63, 3.8) is 0 Å². The van der Waals surface area contributed by atoms with Gasteiger partial charge in [-0.15, -0.1) is 0 Å². The molecule has 0 fully saturated rings. The molecule has 7 heteroatoms. The number of carboxylic acid groups (broad SMARTS) is 1. The van der Waals surface area contributed by atoms with Gasteiger partial charge in [-0.2, -0.15) is 8.78 Å².